The molecule has 1 aromatic heterocycles. The van der Waals surface area contributed by atoms with Gasteiger partial charge < -0.3 is 10.4 Å². The lowest BCUT2D eigenvalue weighted by atomic mass is 10.0. The van der Waals surface area contributed by atoms with E-state index in [0.717, 1.165) is 11.3 Å². The second-order valence-corrected chi connectivity index (χ2v) is 6.06. The first-order valence-corrected chi connectivity index (χ1v) is 7.54. The molecule has 0 atom stereocenters. The summed E-state index contributed by atoms with van der Waals surface area (Å²) in [5.74, 6) is -1.48. The molecular weight excluding hydrogens is 321 g/mol. The number of nitrogens with zero attached hydrogens (tertiary/aromatic N) is 1. The Kier molecular flexibility index (Phi) is 5.07. The Morgan fingerprint density at radius 2 is 2.00 bits per heavy atom. The monoisotopic (exact) mass is 336 g/mol. The summed E-state index contributed by atoms with van der Waals surface area (Å²) in [5.41, 5.74) is 0.264. The standard InChI is InChI=1S/C13H15F3N2O3S/c14-13(15,16)7-18-3-1-9(2-4-18)17-11(19)8-5-10(12(20)21)22-6-8/h5-6,9H,1-4,7H2,(H,17,19)(H,20,21). The highest BCUT2D eigenvalue weighted by atomic mass is 32.1. The molecule has 2 rings (SSSR count). The number of carboxylic acid groups (broad SMARTS) is 1. The second kappa shape index (κ2) is 6.66. The number of nitrogens with one attached hydrogen (secondary N) is 1. The van der Waals surface area contributed by atoms with E-state index < -0.39 is 24.6 Å². The van der Waals surface area contributed by atoms with Crippen molar-refractivity contribution in [2.45, 2.75) is 25.1 Å². The summed E-state index contributed by atoms with van der Waals surface area (Å²) >= 11 is 0.961. The molecule has 9 heteroatoms. The third kappa shape index (κ3) is 4.70. The molecule has 1 aromatic rings. The first-order chi connectivity index (χ1) is 10.2. The van der Waals surface area contributed by atoms with Gasteiger partial charge in [0.15, 0.2) is 0 Å². The average molecular weight is 336 g/mol. The van der Waals surface area contributed by atoms with Crippen LogP contribution >= 0.6 is 11.3 Å². The first kappa shape index (κ1) is 16.8. The van der Waals surface area contributed by atoms with Gasteiger partial charge in [0.25, 0.3) is 5.91 Å². The Balaban J connectivity index is 1.82. The van der Waals surface area contributed by atoms with Crippen molar-refractivity contribution in [2.24, 2.45) is 0 Å². The summed E-state index contributed by atoms with van der Waals surface area (Å²) in [7, 11) is 0. The fraction of sp³-hybridized carbons (Fsp3) is 0.538. The maximum atomic E-state index is 12.3. The average Bonchev–Trinajstić information content (AvgIpc) is 2.89. The van der Waals surface area contributed by atoms with Gasteiger partial charge in [-0.1, -0.05) is 0 Å². The lowest BCUT2D eigenvalue weighted by Crippen LogP contribution is -2.47. The smallest absolute Gasteiger partial charge is 0.401 e. The molecule has 0 unspecified atom stereocenters. The van der Waals surface area contributed by atoms with Gasteiger partial charge in [0, 0.05) is 24.5 Å². The zero-order valence-corrected chi connectivity index (χ0v) is 12.3. The van der Waals surface area contributed by atoms with Crippen LogP contribution in [0.25, 0.3) is 0 Å². The summed E-state index contributed by atoms with van der Waals surface area (Å²) in [6, 6.07) is 1.10. The summed E-state index contributed by atoms with van der Waals surface area (Å²) in [5, 5.41) is 13.0. The van der Waals surface area contributed by atoms with Crippen LogP contribution in [-0.2, 0) is 0 Å². The maximum absolute atomic E-state index is 12.3. The van der Waals surface area contributed by atoms with Gasteiger partial charge in [-0.2, -0.15) is 13.2 Å². The van der Waals surface area contributed by atoms with Crippen molar-refractivity contribution in [1.29, 1.82) is 0 Å². The van der Waals surface area contributed by atoms with E-state index in [0.29, 0.717) is 12.8 Å². The predicted octanol–water partition coefficient (Wildman–Crippen LogP) is 2.20. The quantitative estimate of drug-likeness (QED) is 0.884. The van der Waals surface area contributed by atoms with Gasteiger partial charge in [-0.3, -0.25) is 9.69 Å². The number of hydrogen-bond acceptors (Lipinski definition) is 4. The molecular formula is C13H15F3N2O3S. The van der Waals surface area contributed by atoms with Crippen LogP contribution in [0.3, 0.4) is 0 Å². The number of hydrogen-bond donors (Lipinski definition) is 2. The third-order valence-corrected chi connectivity index (χ3v) is 4.32. The van der Waals surface area contributed by atoms with Gasteiger partial charge in [-0.15, -0.1) is 11.3 Å². The van der Waals surface area contributed by atoms with E-state index in [1.807, 2.05) is 0 Å². The lowest BCUT2D eigenvalue weighted by molar-refractivity contribution is -0.148. The maximum Gasteiger partial charge on any atom is 0.401 e. The van der Waals surface area contributed by atoms with E-state index in [1.54, 1.807) is 0 Å². The Morgan fingerprint density at radius 3 is 2.50 bits per heavy atom. The Hall–Kier alpha value is -1.61. The molecule has 22 heavy (non-hydrogen) atoms. The molecule has 0 spiro atoms. The van der Waals surface area contributed by atoms with Crippen molar-refractivity contribution in [1.82, 2.24) is 10.2 Å². The Bertz CT molecular complexity index is 551. The molecule has 2 heterocycles. The SMILES string of the molecule is O=C(NC1CCN(CC(F)(F)F)CC1)c1csc(C(=O)O)c1. The van der Waals surface area contributed by atoms with Crippen LogP contribution < -0.4 is 5.32 Å². The van der Waals surface area contributed by atoms with E-state index in [2.05, 4.69) is 5.32 Å². The number of rotatable bonds is 4. The summed E-state index contributed by atoms with van der Waals surface area (Å²) in [4.78, 5) is 24.1. The number of thiophene rings is 1. The van der Waals surface area contributed by atoms with Gasteiger partial charge in [-0.25, -0.2) is 4.79 Å². The molecule has 0 aliphatic carbocycles. The predicted molar refractivity (Wildman–Crippen MR) is 74.3 cm³/mol. The Labute approximate surface area is 128 Å². The van der Waals surface area contributed by atoms with Crippen LogP contribution in [-0.4, -0.2) is 53.7 Å². The van der Waals surface area contributed by atoms with Crippen molar-refractivity contribution in [2.75, 3.05) is 19.6 Å². The van der Waals surface area contributed by atoms with Crippen molar-refractivity contribution in [3.05, 3.63) is 21.9 Å². The number of alkyl halides is 3. The zero-order chi connectivity index (χ0) is 16.3. The molecule has 1 aliphatic rings. The molecule has 0 radical (unpaired) electrons. The molecule has 1 aliphatic heterocycles. The van der Waals surface area contributed by atoms with Gasteiger partial charge in [0.1, 0.15) is 4.88 Å². The van der Waals surface area contributed by atoms with Crippen molar-refractivity contribution in [3.8, 4) is 0 Å². The van der Waals surface area contributed by atoms with E-state index in [9.17, 15) is 22.8 Å². The van der Waals surface area contributed by atoms with E-state index in [-0.39, 0.29) is 29.6 Å². The minimum Gasteiger partial charge on any atom is -0.477 e. The van der Waals surface area contributed by atoms with Crippen molar-refractivity contribution >= 4 is 23.2 Å². The minimum absolute atomic E-state index is 0.0742. The zero-order valence-electron chi connectivity index (χ0n) is 11.5. The van der Waals surface area contributed by atoms with Crippen LogP contribution in [0.4, 0.5) is 13.2 Å². The van der Waals surface area contributed by atoms with Gasteiger partial charge in [0.05, 0.1) is 12.1 Å². The van der Waals surface area contributed by atoms with Gasteiger partial charge in [-0.05, 0) is 18.9 Å². The number of carboxylic acids is 1. The third-order valence-electron chi connectivity index (χ3n) is 3.40. The number of piperidine rings is 1. The molecule has 2 N–H and O–H groups in total. The highest BCUT2D eigenvalue weighted by Crippen LogP contribution is 2.20. The van der Waals surface area contributed by atoms with Gasteiger partial charge >= 0.3 is 12.1 Å². The molecule has 5 nitrogen and oxygen atoms in total. The lowest BCUT2D eigenvalue weighted by Gasteiger charge is -2.32. The summed E-state index contributed by atoms with van der Waals surface area (Å²) in [6.07, 6.45) is -3.32. The largest absolute Gasteiger partial charge is 0.477 e. The molecule has 1 amide bonds. The molecule has 0 bridgehead atoms. The minimum atomic E-state index is -4.21. The van der Waals surface area contributed by atoms with Gasteiger partial charge in [0.2, 0.25) is 0 Å². The number of carbonyl (C=O) groups excluding carboxylic acids is 1. The number of aromatic carboxylic acids is 1. The molecule has 1 saturated heterocycles. The van der Waals surface area contributed by atoms with E-state index >= 15 is 0 Å². The Morgan fingerprint density at radius 1 is 1.36 bits per heavy atom. The molecule has 0 aromatic carbocycles. The fourth-order valence-corrected chi connectivity index (χ4v) is 3.05. The summed E-state index contributed by atoms with van der Waals surface area (Å²) in [6.45, 7) is -0.386. The highest BCUT2D eigenvalue weighted by molar-refractivity contribution is 7.12. The number of carbonyl (C=O) groups is 2. The van der Waals surface area contributed by atoms with Crippen LogP contribution in [0.1, 0.15) is 32.9 Å². The van der Waals surface area contributed by atoms with Crippen LogP contribution in [0.15, 0.2) is 11.4 Å². The van der Waals surface area contributed by atoms with Crippen LogP contribution in [0.2, 0.25) is 0 Å². The molecule has 1 fully saturated rings. The second-order valence-electron chi connectivity index (χ2n) is 5.14. The number of halogens is 3. The topological polar surface area (TPSA) is 69.6 Å². The normalized spacial score (nSPS) is 17.4. The summed E-state index contributed by atoms with van der Waals surface area (Å²) < 4.78 is 36.8. The molecule has 0 saturated carbocycles. The fourth-order valence-electron chi connectivity index (χ4n) is 2.33. The van der Waals surface area contributed by atoms with Crippen molar-refractivity contribution in [3.63, 3.8) is 0 Å². The number of likely N-dealkylation sites (tertiary alicyclic amines) is 1. The first-order valence-electron chi connectivity index (χ1n) is 6.66. The van der Waals surface area contributed by atoms with E-state index in [4.69, 9.17) is 5.11 Å². The van der Waals surface area contributed by atoms with E-state index in [1.165, 1.54) is 16.3 Å². The van der Waals surface area contributed by atoms with Crippen molar-refractivity contribution < 1.29 is 27.9 Å². The highest BCUT2D eigenvalue weighted by Gasteiger charge is 2.32. The van der Waals surface area contributed by atoms with Crippen LogP contribution in [0, 0.1) is 0 Å². The molecule has 122 valence electrons. The van der Waals surface area contributed by atoms with Crippen LogP contribution in [0.5, 0.6) is 0 Å². The number of amides is 1.